The molecule has 158 valence electrons. The molecule has 31 heavy (non-hydrogen) atoms. The molecule has 2 N–H and O–H groups in total. The van der Waals surface area contributed by atoms with Gasteiger partial charge in [0.15, 0.2) is 0 Å². The van der Waals surface area contributed by atoms with Crippen molar-refractivity contribution in [2.75, 3.05) is 0 Å². The number of alkyl carbamates (subject to hydrolysis) is 1. The zero-order valence-electron chi connectivity index (χ0n) is 16.4. The number of hydrogen-bond donors (Lipinski definition) is 2. The van der Waals surface area contributed by atoms with E-state index in [4.69, 9.17) is 4.74 Å². The van der Waals surface area contributed by atoms with Gasteiger partial charge >= 0.3 is 6.09 Å². The predicted octanol–water partition coefficient (Wildman–Crippen LogP) is 1.51. The molecule has 2 aromatic carbocycles. The highest BCUT2D eigenvalue weighted by molar-refractivity contribution is 6.24. The van der Waals surface area contributed by atoms with Gasteiger partial charge in [0.05, 0.1) is 11.1 Å². The summed E-state index contributed by atoms with van der Waals surface area (Å²) in [4.78, 5) is 62.3. The highest BCUT2D eigenvalue weighted by Gasteiger charge is 2.45. The second-order valence-corrected chi connectivity index (χ2v) is 7.20. The maximum Gasteiger partial charge on any atom is 0.407 e. The Hall–Kier alpha value is -4.01. The highest BCUT2D eigenvalue weighted by atomic mass is 16.5. The number of ether oxygens (including phenoxy) is 1. The van der Waals surface area contributed by atoms with Crippen molar-refractivity contribution in [1.82, 2.24) is 15.5 Å². The van der Waals surface area contributed by atoms with Crippen molar-refractivity contribution in [3.05, 3.63) is 70.8 Å². The largest absolute Gasteiger partial charge is 0.445 e. The van der Waals surface area contributed by atoms with Crippen molar-refractivity contribution < 1.29 is 28.7 Å². The maximum atomic E-state index is 13.0. The van der Waals surface area contributed by atoms with Gasteiger partial charge in [0.25, 0.3) is 11.8 Å². The first-order valence-corrected chi connectivity index (χ1v) is 9.73. The van der Waals surface area contributed by atoms with Crippen molar-refractivity contribution in [2.45, 2.75) is 32.0 Å². The fourth-order valence-corrected chi connectivity index (χ4v) is 3.67. The molecule has 5 amide bonds. The predicted molar refractivity (Wildman–Crippen MR) is 107 cm³/mol. The maximum absolute atomic E-state index is 13.0. The summed E-state index contributed by atoms with van der Waals surface area (Å²) in [6.07, 6.45) is -0.540. The minimum Gasteiger partial charge on any atom is -0.445 e. The van der Waals surface area contributed by atoms with Crippen molar-refractivity contribution in [3.63, 3.8) is 0 Å². The molecule has 0 spiro atoms. The number of rotatable bonds is 5. The van der Waals surface area contributed by atoms with E-state index in [9.17, 15) is 24.0 Å². The first-order chi connectivity index (χ1) is 15.0. The lowest BCUT2D eigenvalue weighted by Crippen LogP contribution is -2.54. The van der Waals surface area contributed by atoms with Crippen LogP contribution in [0, 0.1) is 0 Å². The number of hydrogen-bond acceptors (Lipinski definition) is 6. The van der Waals surface area contributed by atoms with Gasteiger partial charge < -0.3 is 10.1 Å². The van der Waals surface area contributed by atoms with E-state index < -0.39 is 35.8 Å². The Labute approximate surface area is 177 Å². The Balaban J connectivity index is 1.45. The number of amides is 5. The van der Waals surface area contributed by atoms with Gasteiger partial charge in [0.1, 0.15) is 12.6 Å². The van der Waals surface area contributed by atoms with Crippen LogP contribution in [0.5, 0.6) is 0 Å². The molecule has 9 heteroatoms. The summed E-state index contributed by atoms with van der Waals surface area (Å²) in [5.74, 6) is -2.32. The number of carbonyl (C=O) groups is 5. The monoisotopic (exact) mass is 421 g/mol. The van der Waals surface area contributed by atoms with E-state index in [1.807, 2.05) is 30.3 Å². The van der Waals surface area contributed by atoms with Crippen LogP contribution in [-0.2, 0) is 27.5 Å². The van der Waals surface area contributed by atoms with E-state index in [2.05, 4.69) is 10.6 Å². The molecule has 2 aliphatic rings. The smallest absolute Gasteiger partial charge is 0.407 e. The second kappa shape index (κ2) is 8.39. The molecule has 2 heterocycles. The van der Waals surface area contributed by atoms with Crippen LogP contribution >= 0.6 is 0 Å². The summed E-state index contributed by atoms with van der Waals surface area (Å²) in [5, 5.41) is 4.73. The van der Waals surface area contributed by atoms with Crippen LogP contribution in [0.3, 0.4) is 0 Å². The van der Waals surface area contributed by atoms with Gasteiger partial charge in [-0.3, -0.25) is 29.4 Å². The zero-order chi connectivity index (χ0) is 22.0. The van der Waals surface area contributed by atoms with Crippen LogP contribution in [0.25, 0.3) is 0 Å². The third kappa shape index (κ3) is 4.02. The molecular formula is C22H19N3O6. The van der Waals surface area contributed by atoms with Crippen LogP contribution in [-0.4, -0.2) is 40.7 Å². The Bertz CT molecular complexity index is 1080. The number of piperidine rings is 1. The molecule has 0 saturated carbocycles. The molecule has 0 aromatic heterocycles. The third-order valence-corrected chi connectivity index (χ3v) is 5.19. The molecule has 1 fully saturated rings. The number of imide groups is 2. The second-order valence-electron chi connectivity index (χ2n) is 7.20. The Morgan fingerprint density at radius 3 is 2.55 bits per heavy atom. The van der Waals surface area contributed by atoms with E-state index in [0.29, 0.717) is 5.56 Å². The SMILES string of the molecule is O=C1CCC(N2C(=O)c3cccc(CNC(=O)OCc4ccccc4)c3C2=O)C(=O)N1. The van der Waals surface area contributed by atoms with Crippen molar-refractivity contribution >= 4 is 29.7 Å². The minimum atomic E-state index is -1.04. The van der Waals surface area contributed by atoms with Gasteiger partial charge in [0, 0.05) is 13.0 Å². The molecule has 1 atom stereocenters. The average Bonchev–Trinajstić information content (AvgIpc) is 3.02. The molecule has 1 saturated heterocycles. The van der Waals surface area contributed by atoms with E-state index in [1.54, 1.807) is 12.1 Å². The summed E-state index contributed by atoms with van der Waals surface area (Å²) in [7, 11) is 0. The van der Waals surface area contributed by atoms with Crippen LogP contribution in [0.2, 0.25) is 0 Å². The summed E-state index contributed by atoms with van der Waals surface area (Å²) in [6, 6.07) is 12.9. The first kappa shape index (κ1) is 20.3. The number of fused-ring (bicyclic) bond motifs is 1. The normalized spacial score (nSPS) is 17.9. The minimum absolute atomic E-state index is 0.0288. The molecule has 0 radical (unpaired) electrons. The fourth-order valence-electron chi connectivity index (χ4n) is 3.67. The highest BCUT2D eigenvalue weighted by Crippen LogP contribution is 2.29. The molecule has 4 rings (SSSR count). The number of carbonyl (C=O) groups excluding carboxylic acids is 5. The zero-order valence-corrected chi connectivity index (χ0v) is 16.4. The Kier molecular flexibility index (Phi) is 5.48. The molecule has 0 aliphatic carbocycles. The van der Waals surface area contributed by atoms with Crippen LogP contribution in [0.15, 0.2) is 48.5 Å². The van der Waals surface area contributed by atoms with Gasteiger partial charge in [-0.1, -0.05) is 42.5 Å². The van der Waals surface area contributed by atoms with Crippen molar-refractivity contribution in [2.24, 2.45) is 0 Å². The lowest BCUT2D eigenvalue weighted by Gasteiger charge is -2.27. The topological polar surface area (TPSA) is 122 Å². The van der Waals surface area contributed by atoms with E-state index in [-0.39, 0.29) is 37.1 Å². The van der Waals surface area contributed by atoms with Gasteiger partial charge in [-0.15, -0.1) is 0 Å². The molecule has 2 aliphatic heterocycles. The summed E-state index contributed by atoms with van der Waals surface area (Å²) in [5.41, 5.74) is 1.56. The molecular weight excluding hydrogens is 402 g/mol. The summed E-state index contributed by atoms with van der Waals surface area (Å²) in [6.45, 7) is 0.0687. The Morgan fingerprint density at radius 1 is 1.03 bits per heavy atom. The van der Waals surface area contributed by atoms with E-state index >= 15 is 0 Å². The molecule has 2 aromatic rings. The van der Waals surface area contributed by atoms with Crippen molar-refractivity contribution in [1.29, 1.82) is 0 Å². The number of benzene rings is 2. The van der Waals surface area contributed by atoms with Crippen LogP contribution < -0.4 is 10.6 Å². The third-order valence-electron chi connectivity index (χ3n) is 5.19. The number of nitrogens with one attached hydrogen (secondary N) is 2. The van der Waals surface area contributed by atoms with Gasteiger partial charge in [-0.25, -0.2) is 4.79 Å². The molecule has 1 unspecified atom stereocenters. The van der Waals surface area contributed by atoms with Crippen molar-refractivity contribution in [3.8, 4) is 0 Å². The van der Waals surface area contributed by atoms with Crippen LogP contribution in [0.1, 0.15) is 44.7 Å². The summed E-state index contributed by atoms with van der Waals surface area (Å²) >= 11 is 0. The number of nitrogens with zero attached hydrogens (tertiary/aromatic N) is 1. The van der Waals surface area contributed by atoms with Gasteiger partial charge in [-0.05, 0) is 23.6 Å². The summed E-state index contributed by atoms with van der Waals surface area (Å²) < 4.78 is 5.16. The van der Waals surface area contributed by atoms with Crippen LogP contribution in [0.4, 0.5) is 4.79 Å². The van der Waals surface area contributed by atoms with E-state index in [1.165, 1.54) is 6.07 Å². The quantitative estimate of drug-likeness (QED) is 0.706. The lowest BCUT2D eigenvalue weighted by atomic mass is 10.0. The standard InChI is InChI=1S/C22H19N3O6/c26-17-10-9-16(19(27)24-17)25-20(28)15-8-4-7-14(18(15)21(25)29)11-23-22(30)31-12-13-5-2-1-3-6-13/h1-8,16H,9-12H2,(H,23,30)(H,24,26,27). The average molecular weight is 421 g/mol. The Morgan fingerprint density at radius 2 is 1.81 bits per heavy atom. The fraction of sp³-hybridized carbons (Fsp3) is 0.227. The van der Waals surface area contributed by atoms with Gasteiger partial charge in [-0.2, -0.15) is 0 Å². The first-order valence-electron chi connectivity index (χ1n) is 9.73. The lowest BCUT2D eigenvalue weighted by molar-refractivity contribution is -0.136. The molecule has 9 nitrogen and oxygen atoms in total. The molecule has 0 bridgehead atoms. The van der Waals surface area contributed by atoms with Gasteiger partial charge in [0.2, 0.25) is 11.8 Å². The van der Waals surface area contributed by atoms with E-state index in [0.717, 1.165) is 10.5 Å².